The molecule has 620 valence electrons. The van der Waals surface area contributed by atoms with Crippen molar-refractivity contribution >= 4 is 39.5 Å². The first-order valence-corrected chi connectivity index (χ1v) is 45.4. The average Bonchev–Trinajstić information content (AvgIpc) is 0.923. The molecule has 0 aromatic heterocycles. The van der Waals surface area contributed by atoms with Gasteiger partial charge >= 0.3 is 39.5 Å². The van der Waals surface area contributed by atoms with E-state index in [1.807, 2.05) is 18.2 Å². The summed E-state index contributed by atoms with van der Waals surface area (Å²) in [7, 11) is -10.00. The van der Waals surface area contributed by atoms with Crippen LogP contribution in [0.1, 0.15) is 349 Å². The summed E-state index contributed by atoms with van der Waals surface area (Å²) in [6, 6.07) is 0. The van der Waals surface area contributed by atoms with Crippen LogP contribution in [-0.4, -0.2) is 96.7 Å². The quantitative estimate of drug-likeness (QED) is 0.0169. The van der Waals surface area contributed by atoms with Crippen LogP contribution in [-0.2, 0) is 65.4 Å². The number of allylic oxidation sites excluding steroid dienone is 22. The van der Waals surface area contributed by atoms with Crippen molar-refractivity contribution in [2.75, 3.05) is 39.6 Å². The van der Waals surface area contributed by atoms with Gasteiger partial charge in [-0.3, -0.25) is 37.3 Å². The molecule has 3 N–H and O–H groups in total. The molecule has 0 saturated heterocycles. The number of unbranched alkanes of at least 4 members (excludes halogenated alkanes) is 31. The predicted molar refractivity (Wildman–Crippen MR) is 445 cm³/mol. The van der Waals surface area contributed by atoms with Gasteiger partial charge in [0.25, 0.3) is 0 Å². The predicted octanol–water partition coefficient (Wildman–Crippen LogP) is 25.2. The van der Waals surface area contributed by atoms with E-state index in [1.165, 1.54) is 96.3 Å². The van der Waals surface area contributed by atoms with Gasteiger partial charge in [0, 0.05) is 25.7 Å². The molecule has 0 fully saturated rings. The summed E-state index contributed by atoms with van der Waals surface area (Å²) in [5, 5.41) is 10.7. The summed E-state index contributed by atoms with van der Waals surface area (Å²) in [5.74, 6) is -2.30. The summed E-state index contributed by atoms with van der Waals surface area (Å²) < 4.78 is 68.7. The number of phosphoric acid groups is 2. The van der Waals surface area contributed by atoms with Crippen molar-refractivity contribution in [2.24, 2.45) is 0 Å². The standard InChI is InChI=1S/C89H152O17P2/c1-5-9-13-17-21-25-29-33-37-39-41-43-47-49-53-57-61-65-69-73-86(91)99-79-84(105-88(93)75-71-67-63-59-55-51-45-35-31-27-23-19-15-11-7-3)81-103-107(95,96)101-77-83(90)78-102-108(97,98)104-82-85(106-89(94)76-72-68-64-60-56-52-46-36-32-28-24-20-16-12-8-4)80-100-87(92)74-70-66-62-58-54-50-48-44-42-40-38-34-30-26-22-18-14-10-6-2/h9,13,21-22,25-26,33-38,41-46,49,53,61,65,83-85,90H,5-8,10-12,14-20,23-24,27-32,39-40,47-48,50-52,54-60,62-64,66-82H2,1-4H3,(H,95,96)(H,97,98)/b13-9-,25-21-,26-22-,37-33-,38-34-,43-41-,44-42-,45-35-,46-36-,53-49-,65-61-. The van der Waals surface area contributed by atoms with E-state index in [9.17, 15) is 43.2 Å². The van der Waals surface area contributed by atoms with E-state index in [4.69, 9.17) is 37.0 Å². The van der Waals surface area contributed by atoms with Crippen LogP contribution in [0.25, 0.3) is 0 Å². The number of carbonyl (C=O) groups excluding carboxylic acids is 4. The van der Waals surface area contributed by atoms with Gasteiger partial charge in [0.1, 0.15) is 19.3 Å². The Morgan fingerprint density at radius 3 is 0.824 bits per heavy atom. The van der Waals surface area contributed by atoms with Crippen molar-refractivity contribution in [3.05, 3.63) is 134 Å². The molecule has 0 aliphatic carbocycles. The Kier molecular flexibility index (Phi) is 76.7. The zero-order valence-corrected chi connectivity index (χ0v) is 69.8. The lowest BCUT2D eigenvalue weighted by molar-refractivity contribution is -0.161. The van der Waals surface area contributed by atoms with Gasteiger partial charge in [-0.2, -0.15) is 0 Å². The molecule has 19 heteroatoms. The van der Waals surface area contributed by atoms with E-state index in [0.29, 0.717) is 32.1 Å². The minimum atomic E-state index is -5.00. The average molecular weight is 1560 g/mol. The first kappa shape index (κ1) is 103. The van der Waals surface area contributed by atoms with Gasteiger partial charge in [0.15, 0.2) is 12.2 Å². The minimum Gasteiger partial charge on any atom is -0.462 e. The second-order valence-electron chi connectivity index (χ2n) is 28.0. The van der Waals surface area contributed by atoms with Crippen molar-refractivity contribution in [1.82, 2.24) is 0 Å². The SMILES string of the molecule is CC/C=C\C/C=C\C/C=C\C/C=C\C/C=C\C/C=C\CCC(=O)OCC(COP(=O)(O)OCC(O)COP(=O)(O)OCC(COC(=O)CCCCCCCC/C=C\C/C=C\C/C=C\CCCCC)OC(=O)CCCCCCC/C=C\CCCCCCCC)OC(=O)CCCCCCC/C=C\CCCCCCCC. The summed E-state index contributed by atoms with van der Waals surface area (Å²) in [5.41, 5.74) is 0. The fraction of sp³-hybridized carbons (Fsp3) is 0.708. The van der Waals surface area contributed by atoms with Crippen LogP contribution in [0, 0.1) is 0 Å². The molecule has 0 bridgehead atoms. The fourth-order valence-corrected chi connectivity index (χ4v) is 12.7. The van der Waals surface area contributed by atoms with Gasteiger partial charge in [0.05, 0.1) is 26.4 Å². The number of aliphatic hydroxyl groups is 1. The largest absolute Gasteiger partial charge is 0.472 e. The summed E-state index contributed by atoms with van der Waals surface area (Å²) in [4.78, 5) is 73.2. The second-order valence-corrected chi connectivity index (χ2v) is 30.9. The van der Waals surface area contributed by atoms with Crippen LogP contribution >= 0.6 is 15.6 Å². The van der Waals surface area contributed by atoms with E-state index in [0.717, 1.165) is 167 Å². The third-order valence-electron chi connectivity index (χ3n) is 17.6. The van der Waals surface area contributed by atoms with Crippen molar-refractivity contribution in [2.45, 2.75) is 367 Å². The van der Waals surface area contributed by atoms with Crippen LogP contribution in [0.5, 0.6) is 0 Å². The fourth-order valence-electron chi connectivity index (χ4n) is 11.1. The number of rotatable bonds is 79. The Labute approximate surface area is 656 Å². The molecule has 5 unspecified atom stereocenters. The van der Waals surface area contributed by atoms with Crippen molar-refractivity contribution < 1.29 is 80.2 Å². The zero-order valence-electron chi connectivity index (χ0n) is 68.0. The van der Waals surface area contributed by atoms with Gasteiger partial charge in [-0.15, -0.1) is 0 Å². The van der Waals surface area contributed by atoms with Crippen LogP contribution in [0.4, 0.5) is 0 Å². The van der Waals surface area contributed by atoms with Crippen LogP contribution < -0.4 is 0 Å². The molecule has 5 atom stereocenters. The molecular weight excluding hydrogens is 1400 g/mol. The Morgan fingerprint density at radius 1 is 0.269 bits per heavy atom. The number of hydrogen-bond donors (Lipinski definition) is 3. The maximum Gasteiger partial charge on any atom is 0.472 e. The lowest BCUT2D eigenvalue weighted by Crippen LogP contribution is -2.30. The van der Waals surface area contributed by atoms with Crippen molar-refractivity contribution in [3.63, 3.8) is 0 Å². The number of ether oxygens (including phenoxy) is 4. The third kappa shape index (κ3) is 79.3. The van der Waals surface area contributed by atoms with Crippen molar-refractivity contribution in [1.29, 1.82) is 0 Å². The number of carbonyl (C=O) groups is 4. The maximum absolute atomic E-state index is 13.1. The molecule has 0 heterocycles. The van der Waals surface area contributed by atoms with E-state index >= 15 is 0 Å². The Hall–Kier alpha value is -4.80. The molecule has 0 saturated carbocycles. The van der Waals surface area contributed by atoms with E-state index in [-0.39, 0.29) is 25.7 Å². The van der Waals surface area contributed by atoms with Gasteiger partial charge in [-0.25, -0.2) is 9.13 Å². The van der Waals surface area contributed by atoms with Crippen LogP contribution in [0.3, 0.4) is 0 Å². The highest BCUT2D eigenvalue weighted by molar-refractivity contribution is 7.47. The molecule has 0 rings (SSSR count). The molecule has 0 aromatic carbocycles. The highest BCUT2D eigenvalue weighted by Gasteiger charge is 2.30. The first-order valence-electron chi connectivity index (χ1n) is 42.4. The summed E-state index contributed by atoms with van der Waals surface area (Å²) >= 11 is 0. The highest BCUT2D eigenvalue weighted by Crippen LogP contribution is 2.45. The van der Waals surface area contributed by atoms with Gasteiger partial charge in [0.2, 0.25) is 0 Å². The highest BCUT2D eigenvalue weighted by atomic mass is 31.2. The smallest absolute Gasteiger partial charge is 0.462 e. The minimum absolute atomic E-state index is 0.0322. The second kappa shape index (κ2) is 80.3. The summed E-state index contributed by atoms with van der Waals surface area (Å²) in [6.07, 6.45) is 91.4. The Bertz CT molecular complexity index is 2560. The Morgan fingerprint density at radius 2 is 0.500 bits per heavy atom. The van der Waals surface area contributed by atoms with Gasteiger partial charge < -0.3 is 33.8 Å². The normalized spacial score (nSPS) is 14.5. The Balaban J connectivity index is 5.44. The zero-order chi connectivity index (χ0) is 78.9. The molecule has 17 nitrogen and oxygen atoms in total. The number of aliphatic hydroxyl groups excluding tert-OH is 1. The molecule has 0 aliphatic heterocycles. The molecular formula is C89H152O17P2. The first-order chi connectivity index (χ1) is 52.7. The number of esters is 4. The summed E-state index contributed by atoms with van der Waals surface area (Å²) in [6.45, 7) is 4.64. The lowest BCUT2D eigenvalue weighted by atomic mass is 10.1. The van der Waals surface area contributed by atoms with E-state index < -0.39 is 97.5 Å². The molecule has 0 spiro atoms. The lowest BCUT2D eigenvalue weighted by Gasteiger charge is -2.21. The number of hydrogen-bond acceptors (Lipinski definition) is 15. The molecule has 0 aromatic rings. The van der Waals surface area contributed by atoms with Gasteiger partial charge in [-0.1, -0.05) is 303 Å². The van der Waals surface area contributed by atoms with E-state index in [1.54, 1.807) is 0 Å². The number of phosphoric ester groups is 2. The van der Waals surface area contributed by atoms with Crippen LogP contribution in [0.15, 0.2) is 134 Å². The maximum atomic E-state index is 13.1. The monoisotopic (exact) mass is 1560 g/mol. The van der Waals surface area contributed by atoms with E-state index in [2.05, 4.69) is 143 Å². The topological polar surface area (TPSA) is 237 Å². The molecule has 108 heavy (non-hydrogen) atoms. The molecule has 0 aliphatic rings. The van der Waals surface area contributed by atoms with Crippen LogP contribution in [0.2, 0.25) is 0 Å². The molecule has 0 amide bonds. The third-order valence-corrected chi connectivity index (χ3v) is 19.5. The van der Waals surface area contributed by atoms with Gasteiger partial charge in [-0.05, 0) is 154 Å². The molecule has 0 radical (unpaired) electrons. The van der Waals surface area contributed by atoms with Crippen molar-refractivity contribution in [3.8, 4) is 0 Å².